The maximum atomic E-state index is 9.96. The van der Waals surface area contributed by atoms with Gasteiger partial charge in [0.1, 0.15) is 18.5 Å². The van der Waals surface area contributed by atoms with Gasteiger partial charge < -0.3 is 15.2 Å². The summed E-state index contributed by atoms with van der Waals surface area (Å²) in [6, 6.07) is 8.04. The molecular formula is C18H31NO2. The van der Waals surface area contributed by atoms with Crippen molar-refractivity contribution in [3.05, 3.63) is 29.8 Å². The Morgan fingerprint density at radius 3 is 2.33 bits per heavy atom. The molecule has 3 nitrogen and oxygen atoms in total. The van der Waals surface area contributed by atoms with Crippen LogP contribution >= 0.6 is 0 Å². The average molecular weight is 293 g/mol. The van der Waals surface area contributed by atoms with Gasteiger partial charge in [-0.2, -0.15) is 0 Å². The monoisotopic (exact) mass is 293 g/mol. The summed E-state index contributed by atoms with van der Waals surface area (Å²) in [6.07, 6.45) is 0.539. The van der Waals surface area contributed by atoms with E-state index in [4.69, 9.17) is 4.74 Å². The van der Waals surface area contributed by atoms with Crippen LogP contribution in [0, 0.1) is 11.3 Å². The van der Waals surface area contributed by atoms with Gasteiger partial charge in [0.2, 0.25) is 0 Å². The Morgan fingerprint density at radius 2 is 1.81 bits per heavy atom. The normalized spacial score (nSPS) is 13.5. The second-order valence-electron chi connectivity index (χ2n) is 6.74. The van der Waals surface area contributed by atoms with Gasteiger partial charge in [0.05, 0.1) is 0 Å². The van der Waals surface area contributed by atoms with E-state index in [1.807, 2.05) is 12.1 Å². The summed E-state index contributed by atoms with van der Waals surface area (Å²) in [6.45, 7) is 12.8. The molecule has 0 heterocycles. The average Bonchev–Trinajstić information content (AvgIpc) is 2.45. The SMILES string of the molecule is CCc1ccc(OCC(O)CNCC(C)(C)C(C)C)cc1. The third kappa shape index (κ3) is 6.49. The number of benzene rings is 1. The van der Waals surface area contributed by atoms with Crippen molar-refractivity contribution in [2.45, 2.75) is 47.1 Å². The molecule has 120 valence electrons. The molecule has 0 spiro atoms. The van der Waals surface area contributed by atoms with Gasteiger partial charge in [0.25, 0.3) is 0 Å². The zero-order valence-electron chi connectivity index (χ0n) is 14.1. The predicted molar refractivity (Wildman–Crippen MR) is 88.8 cm³/mol. The van der Waals surface area contributed by atoms with Crippen molar-refractivity contribution >= 4 is 0 Å². The van der Waals surface area contributed by atoms with Crippen LogP contribution in [0.15, 0.2) is 24.3 Å². The quantitative estimate of drug-likeness (QED) is 0.734. The first-order valence-electron chi connectivity index (χ1n) is 7.95. The van der Waals surface area contributed by atoms with Gasteiger partial charge in [0, 0.05) is 13.1 Å². The van der Waals surface area contributed by atoms with Gasteiger partial charge in [-0.3, -0.25) is 0 Å². The summed E-state index contributed by atoms with van der Waals surface area (Å²) in [5, 5.41) is 13.3. The number of aliphatic hydroxyl groups excluding tert-OH is 1. The van der Waals surface area contributed by atoms with Crippen molar-refractivity contribution in [1.82, 2.24) is 5.32 Å². The minimum atomic E-state index is -0.487. The van der Waals surface area contributed by atoms with Crippen LogP contribution in [0.1, 0.15) is 40.2 Å². The number of aryl methyl sites for hydroxylation is 1. The van der Waals surface area contributed by atoms with Gasteiger partial charge in [-0.25, -0.2) is 0 Å². The third-order valence-corrected chi connectivity index (χ3v) is 4.30. The van der Waals surface area contributed by atoms with Crippen LogP contribution in [-0.4, -0.2) is 30.9 Å². The number of ether oxygens (including phenoxy) is 1. The highest BCUT2D eigenvalue weighted by Gasteiger charge is 2.21. The molecule has 0 aliphatic heterocycles. The van der Waals surface area contributed by atoms with E-state index < -0.39 is 6.10 Å². The highest BCUT2D eigenvalue weighted by Crippen LogP contribution is 2.24. The van der Waals surface area contributed by atoms with E-state index in [1.54, 1.807) is 0 Å². The van der Waals surface area contributed by atoms with Crippen LogP contribution in [0.25, 0.3) is 0 Å². The van der Waals surface area contributed by atoms with Gasteiger partial charge in [0.15, 0.2) is 0 Å². The Balaban J connectivity index is 2.26. The smallest absolute Gasteiger partial charge is 0.119 e. The lowest BCUT2D eigenvalue weighted by molar-refractivity contribution is 0.101. The standard InChI is InChI=1S/C18H31NO2/c1-6-15-7-9-17(10-8-15)21-12-16(20)11-19-13-18(4,5)14(2)3/h7-10,14,16,19-20H,6,11-13H2,1-5H3. The molecule has 0 aromatic heterocycles. The first-order chi connectivity index (χ1) is 9.85. The third-order valence-electron chi connectivity index (χ3n) is 4.30. The number of aliphatic hydroxyl groups is 1. The number of rotatable bonds is 9. The van der Waals surface area contributed by atoms with Crippen LogP contribution < -0.4 is 10.1 Å². The second-order valence-corrected chi connectivity index (χ2v) is 6.74. The molecule has 1 unspecified atom stereocenters. The van der Waals surface area contributed by atoms with E-state index in [9.17, 15) is 5.11 Å². The number of hydrogen-bond acceptors (Lipinski definition) is 3. The van der Waals surface area contributed by atoms with Crippen molar-refractivity contribution in [2.75, 3.05) is 19.7 Å². The zero-order valence-corrected chi connectivity index (χ0v) is 14.1. The van der Waals surface area contributed by atoms with Crippen molar-refractivity contribution in [3.8, 4) is 5.75 Å². The summed E-state index contributed by atoms with van der Waals surface area (Å²) in [7, 11) is 0. The topological polar surface area (TPSA) is 41.5 Å². The number of nitrogens with one attached hydrogen (secondary N) is 1. The molecule has 1 rings (SSSR count). The fourth-order valence-electron chi connectivity index (χ4n) is 1.84. The maximum absolute atomic E-state index is 9.96. The molecule has 0 radical (unpaired) electrons. The Labute approximate surface area is 129 Å². The maximum Gasteiger partial charge on any atom is 0.119 e. The fraction of sp³-hybridized carbons (Fsp3) is 0.667. The molecule has 0 amide bonds. The van der Waals surface area contributed by atoms with Crippen molar-refractivity contribution in [1.29, 1.82) is 0 Å². The Hall–Kier alpha value is -1.06. The van der Waals surface area contributed by atoms with E-state index in [-0.39, 0.29) is 5.41 Å². The van der Waals surface area contributed by atoms with Gasteiger partial charge in [-0.05, 0) is 35.4 Å². The van der Waals surface area contributed by atoms with Crippen LogP contribution in [0.2, 0.25) is 0 Å². The van der Waals surface area contributed by atoms with Crippen molar-refractivity contribution in [2.24, 2.45) is 11.3 Å². The van der Waals surface area contributed by atoms with E-state index in [1.165, 1.54) is 5.56 Å². The first-order valence-corrected chi connectivity index (χ1v) is 7.95. The highest BCUT2D eigenvalue weighted by atomic mass is 16.5. The van der Waals surface area contributed by atoms with Gasteiger partial charge in [-0.15, -0.1) is 0 Å². The molecule has 0 aliphatic carbocycles. The lowest BCUT2D eigenvalue weighted by atomic mass is 9.81. The molecule has 1 aromatic carbocycles. The van der Waals surface area contributed by atoms with E-state index >= 15 is 0 Å². The largest absolute Gasteiger partial charge is 0.491 e. The van der Waals surface area contributed by atoms with Crippen LogP contribution in [-0.2, 0) is 6.42 Å². The molecule has 0 fully saturated rings. The van der Waals surface area contributed by atoms with Crippen molar-refractivity contribution < 1.29 is 9.84 Å². The molecular weight excluding hydrogens is 262 g/mol. The summed E-state index contributed by atoms with van der Waals surface area (Å²) in [5.74, 6) is 1.42. The lowest BCUT2D eigenvalue weighted by Gasteiger charge is -2.30. The highest BCUT2D eigenvalue weighted by molar-refractivity contribution is 5.27. The summed E-state index contributed by atoms with van der Waals surface area (Å²) < 4.78 is 5.61. The van der Waals surface area contributed by atoms with Crippen LogP contribution in [0.4, 0.5) is 0 Å². The predicted octanol–water partition coefficient (Wildman–Crippen LogP) is 3.26. The number of hydrogen-bond donors (Lipinski definition) is 2. The summed E-state index contributed by atoms with van der Waals surface area (Å²) in [4.78, 5) is 0. The minimum Gasteiger partial charge on any atom is -0.491 e. The van der Waals surface area contributed by atoms with Gasteiger partial charge >= 0.3 is 0 Å². The molecule has 0 saturated carbocycles. The molecule has 21 heavy (non-hydrogen) atoms. The molecule has 1 aromatic rings. The lowest BCUT2D eigenvalue weighted by Crippen LogP contribution is -2.39. The minimum absolute atomic E-state index is 0.233. The molecule has 2 N–H and O–H groups in total. The molecule has 0 saturated heterocycles. The Morgan fingerprint density at radius 1 is 1.19 bits per heavy atom. The van der Waals surface area contributed by atoms with Crippen LogP contribution in [0.3, 0.4) is 0 Å². The van der Waals surface area contributed by atoms with Crippen LogP contribution in [0.5, 0.6) is 5.75 Å². The Kier molecular flexibility index (Phi) is 7.20. The Bertz CT molecular complexity index is 398. The molecule has 3 heteroatoms. The summed E-state index contributed by atoms with van der Waals surface area (Å²) >= 11 is 0. The van der Waals surface area contributed by atoms with E-state index in [2.05, 4.69) is 52.1 Å². The van der Waals surface area contributed by atoms with Gasteiger partial charge in [-0.1, -0.05) is 46.8 Å². The first kappa shape index (κ1) is 18.0. The second kappa shape index (κ2) is 8.40. The van der Waals surface area contributed by atoms with E-state index in [0.717, 1.165) is 18.7 Å². The van der Waals surface area contributed by atoms with E-state index in [0.29, 0.717) is 19.1 Å². The molecule has 0 aliphatic rings. The summed E-state index contributed by atoms with van der Waals surface area (Å²) in [5.41, 5.74) is 1.52. The fourth-order valence-corrected chi connectivity index (χ4v) is 1.84. The molecule has 0 bridgehead atoms. The zero-order chi connectivity index (χ0) is 15.9. The van der Waals surface area contributed by atoms with Crippen molar-refractivity contribution in [3.63, 3.8) is 0 Å². The molecule has 1 atom stereocenters.